The summed E-state index contributed by atoms with van der Waals surface area (Å²) in [5.41, 5.74) is 1.93. The van der Waals surface area contributed by atoms with Crippen LogP contribution in [-0.2, 0) is 16.0 Å². The van der Waals surface area contributed by atoms with Crippen molar-refractivity contribution in [1.29, 1.82) is 0 Å². The second kappa shape index (κ2) is 9.39. The van der Waals surface area contributed by atoms with Gasteiger partial charge in [0.05, 0.1) is 0 Å². The molecule has 2 aromatic rings. The van der Waals surface area contributed by atoms with Gasteiger partial charge in [0.15, 0.2) is 0 Å². The number of imide groups is 2. The van der Waals surface area contributed by atoms with Crippen molar-refractivity contribution in [3.05, 3.63) is 71.8 Å². The molecular formula is C24H27N3O3. The number of hydrogen-bond donors (Lipinski definition) is 2. The van der Waals surface area contributed by atoms with Crippen LogP contribution in [0.4, 0.5) is 10.5 Å². The molecule has 0 spiro atoms. The summed E-state index contributed by atoms with van der Waals surface area (Å²) in [6.07, 6.45) is 5.73. The maximum absolute atomic E-state index is 12.7. The fraction of sp³-hybridized carbons (Fsp3) is 0.292. The summed E-state index contributed by atoms with van der Waals surface area (Å²) in [5, 5.41) is 4.54. The monoisotopic (exact) mass is 405 g/mol. The van der Waals surface area contributed by atoms with Crippen molar-refractivity contribution in [2.75, 3.05) is 19.0 Å². The van der Waals surface area contributed by atoms with Crippen molar-refractivity contribution < 1.29 is 14.4 Å². The van der Waals surface area contributed by atoms with Crippen molar-refractivity contribution in [2.45, 2.75) is 25.7 Å². The van der Waals surface area contributed by atoms with E-state index in [9.17, 15) is 14.4 Å². The fourth-order valence-corrected chi connectivity index (χ4v) is 3.61. The number of amides is 4. The van der Waals surface area contributed by atoms with Crippen molar-refractivity contribution in [3.63, 3.8) is 0 Å². The molecule has 156 valence electrons. The van der Waals surface area contributed by atoms with Gasteiger partial charge in [-0.1, -0.05) is 54.6 Å². The molecular weight excluding hydrogens is 378 g/mol. The van der Waals surface area contributed by atoms with Crippen LogP contribution in [0.25, 0.3) is 6.08 Å². The zero-order chi connectivity index (χ0) is 21.6. The number of carbonyl (C=O) groups excluding carboxylic acids is 3. The van der Waals surface area contributed by atoms with Crippen molar-refractivity contribution in [3.8, 4) is 0 Å². The minimum absolute atomic E-state index is 0.224. The number of urea groups is 1. The van der Waals surface area contributed by atoms with Crippen LogP contribution in [0.15, 0.2) is 60.7 Å². The number of aryl methyl sites for hydroxylation is 1. The highest BCUT2D eigenvalue weighted by Crippen LogP contribution is 2.33. The first kappa shape index (κ1) is 21.3. The minimum Gasteiger partial charge on any atom is -0.378 e. The topological polar surface area (TPSA) is 78.5 Å². The predicted molar refractivity (Wildman–Crippen MR) is 118 cm³/mol. The molecule has 0 atom stereocenters. The third-order valence-corrected chi connectivity index (χ3v) is 5.42. The minimum atomic E-state index is -1.29. The van der Waals surface area contributed by atoms with Gasteiger partial charge in [0.25, 0.3) is 0 Å². The van der Waals surface area contributed by atoms with Crippen LogP contribution in [0.3, 0.4) is 0 Å². The van der Waals surface area contributed by atoms with Gasteiger partial charge in [-0.15, -0.1) is 0 Å². The van der Waals surface area contributed by atoms with E-state index >= 15 is 0 Å². The van der Waals surface area contributed by atoms with E-state index in [1.165, 1.54) is 0 Å². The lowest BCUT2D eigenvalue weighted by atomic mass is 9.76. The van der Waals surface area contributed by atoms with Gasteiger partial charge in [0.1, 0.15) is 5.41 Å². The molecule has 0 saturated carbocycles. The lowest BCUT2D eigenvalue weighted by molar-refractivity contribution is -0.144. The summed E-state index contributed by atoms with van der Waals surface area (Å²) in [6.45, 7) is 0. The van der Waals surface area contributed by atoms with E-state index in [2.05, 4.69) is 10.6 Å². The molecule has 0 aliphatic carbocycles. The second-order valence-corrected chi connectivity index (χ2v) is 7.75. The molecule has 1 saturated heterocycles. The van der Waals surface area contributed by atoms with Gasteiger partial charge in [-0.05, 0) is 48.9 Å². The van der Waals surface area contributed by atoms with Crippen LogP contribution in [0.1, 0.15) is 30.4 Å². The quantitative estimate of drug-likeness (QED) is 0.659. The molecule has 0 radical (unpaired) electrons. The molecule has 3 rings (SSSR count). The van der Waals surface area contributed by atoms with Crippen LogP contribution in [0.2, 0.25) is 0 Å². The van der Waals surface area contributed by atoms with Gasteiger partial charge in [0, 0.05) is 19.8 Å². The van der Waals surface area contributed by atoms with Gasteiger partial charge in [-0.25, -0.2) is 4.79 Å². The van der Waals surface area contributed by atoms with Gasteiger partial charge < -0.3 is 4.90 Å². The van der Waals surface area contributed by atoms with E-state index in [-0.39, 0.29) is 6.42 Å². The van der Waals surface area contributed by atoms with Crippen LogP contribution >= 0.6 is 0 Å². The largest absolute Gasteiger partial charge is 0.378 e. The molecule has 6 heteroatoms. The first-order chi connectivity index (χ1) is 14.4. The van der Waals surface area contributed by atoms with Crippen molar-refractivity contribution >= 4 is 29.6 Å². The number of barbiturate groups is 1. The summed E-state index contributed by atoms with van der Waals surface area (Å²) in [7, 11) is 3.96. The van der Waals surface area contributed by atoms with Crippen LogP contribution in [0, 0.1) is 5.41 Å². The molecule has 2 N–H and O–H groups in total. The Morgan fingerprint density at radius 3 is 2.13 bits per heavy atom. The molecule has 4 amide bonds. The smallest absolute Gasteiger partial charge is 0.328 e. The number of anilines is 1. The second-order valence-electron chi connectivity index (χ2n) is 7.75. The van der Waals surface area contributed by atoms with E-state index in [1.807, 2.05) is 85.7 Å². The van der Waals surface area contributed by atoms with Crippen molar-refractivity contribution in [1.82, 2.24) is 10.6 Å². The average Bonchev–Trinajstić information content (AvgIpc) is 2.72. The van der Waals surface area contributed by atoms with Crippen LogP contribution in [-0.4, -0.2) is 31.9 Å². The first-order valence-electron chi connectivity index (χ1n) is 10.1. The Labute approximate surface area is 177 Å². The van der Waals surface area contributed by atoms with Gasteiger partial charge in [0.2, 0.25) is 11.8 Å². The molecule has 0 unspecified atom stereocenters. The lowest BCUT2D eigenvalue weighted by Crippen LogP contribution is -2.62. The van der Waals surface area contributed by atoms with E-state index in [1.54, 1.807) is 0 Å². The normalized spacial score (nSPS) is 15.7. The third kappa shape index (κ3) is 4.95. The van der Waals surface area contributed by atoms with Crippen LogP contribution in [0.5, 0.6) is 0 Å². The molecule has 30 heavy (non-hydrogen) atoms. The third-order valence-electron chi connectivity index (χ3n) is 5.42. The SMILES string of the molecule is CN(C)c1ccc(/C=C\CC2(CCCc3ccccc3)C(=O)NC(=O)NC2=O)cc1. The summed E-state index contributed by atoms with van der Waals surface area (Å²) in [4.78, 5) is 39.0. The van der Waals surface area contributed by atoms with E-state index in [0.29, 0.717) is 12.8 Å². The maximum atomic E-state index is 12.7. The number of allylic oxidation sites excluding steroid dienone is 1. The predicted octanol–water partition coefficient (Wildman–Crippen LogP) is 3.53. The van der Waals surface area contributed by atoms with Crippen molar-refractivity contribution in [2.24, 2.45) is 5.41 Å². The fourth-order valence-electron chi connectivity index (χ4n) is 3.61. The maximum Gasteiger partial charge on any atom is 0.328 e. The molecule has 0 aromatic heterocycles. The molecule has 1 heterocycles. The highest BCUT2D eigenvalue weighted by Gasteiger charge is 2.48. The van der Waals surface area contributed by atoms with E-state index in [0.717, 1.165) is 23.2 Å². The zero-order valence-electron chi connectivity index (χ0n) is 17.4. The Morgan fingerprint density at radius 1 is 0.900 bits per heavy atom. The summed E-state index contributed by atoms with van der Waals surface area (Å²) >= 11 is 0. The Balaban J connectivity index is 1.73. The number of rotatable bonds is 8. The average molecular weight is 405 g/mol. The Kier molecular flexibility index (Phi) is 6.67. The Hall–Kier alpha value is -3.41. The number of benzene rings is 2. The summed E-state index contributed by atoms with van der Waals surface area (Å²) < 4.78 is 0. The number of nitrogens with one attached hydrogen (secondary N) is 2. The zero-order valence-corrected chi connectivity index (χ0v) is 17.4. The number of nitrogens with zero attached hydrogens (tertiary/aromatic N) is 1. The Morgan fingerprint density at radius 2 is 1.53 bits per heavy atom. The Bertz CT molecular complexity index is 914. The summed E-state index contributed by atoms with van der Waals surface area (Å²) in [6, 6.07) is 17.2. The van der Waals surface area contributed by atoms with E-state index < -0.39 is 23.3 Å². The standard InChI is InChI=1S/C24H27N3O3/c1-27(2)20-14-12-19(13-15-20)11-7-17-24(21(28)25-23(30)26-22(24)29)16-6-10-18-8-4-3-5-9-18/h3-5,7-9,11-15H,6,10,16-17H2,1-2H3,(H2,25,26,28,29,30)/b11-7-. The van der Waals surface area contributed by atoms with Gasteiger partial charge in [-0.3, -0.25) is 20.2 Å². The number of hydrogen-bond acceptors (Lipinski definition) is 4. The molecule has 0 bridgehead atoms. The molecule has 1 aliphatic rings. The number of carbonyl (C=O) groups is 3. The highest BCUT2D eigenvalue weighted by atomic mass is 16.2. The lowest BCUT2D eigenvalue weighted by Gasteiger charge is -2.33. The van der Waals surface area contributed by atoms with E-state index in [4.69, 9.17) is 0 Å². The molecule has 6 nitrogen and oxygen atoms in total. The highest BCUT2D eigenvalue weighted by molar-refractivity contribution is 6.19. The molecule has 1 fully saturated rings. The van der Waals surface area contributed by atoms with Crippen LogP contribution < -0.4 is 15.5 Å². The van der Waals surface area contributed by atoms with Gasteiger partial charge in [-0.2, -0.15) is 0 Å². The summed E-state index contributed by atoms with van der Waals surface area (Å²) in [5.74, 6) is -1.06. The molecule has 2 aromatic carbocycles. The first-order valence-corrected chi connectivity index (χ1v) is 10.1. The van der Waals surface area contributed by atoms with Gasteiger partial charge >= 0.3 is 6.03 Å². The molecule has 1 aliphatic heterocycles.